The topological polar surface area (TPSA) is 58.0 Å². The lowest BCUT2D eigenvalue weighted by molar-refractivity contribution is 0.244. The zero-order valence-electron chi connectivity index (χ0n) is 9.40. The first-order valence-electron chi connectivity index (χ1n) is 5.26. The number of hydrogen-bond acceptors (Lipinski definition) is 5. The molecule has 0 spiro atoms. The molecule has 2 heterocycles. The molecule has 2 aromatic rings. The van der Waals surface area contributed by atoms with Gasteiger partial charge in [-0.25, -0.2) is 9.97 Å². The normalized spacial score (nSPS) is 12.9. The van der Waals surface area contributed by atoms with Gasteiger partial charge in [-0.2, -0.15) is 0 Å². The predicted octanol–water partition coefficient (Wildman–Crippen LogP) is 2.04. The highest BCUT2D eigenvalue weighted by atomic mass is 32.1. The number of aryl methyl sites for hydroxylation is 1. The number of hydrogen-bond donors (Lipinski definition) is 2. The second kappa shape index (κ2) is 4.76. The molecule has 0 aliphatic heterocycles. The van der Waals surface area contributed by atoms with Crippen molar-refractivity contribution in [2.24, 2.45) is 5.92 Å². The number of aliphatic hydroxyl groups excluding tert-OH is 1. The standard InChI is InChI=1S/C11H15N3OS/c1-7(4-15)3-12-11-10-9(13-6-14-11)8(2)5-16-10/h5-7,15H,3-4H2,1-2H3,(H,12,13,14). The van der Waals surface area contributed by atoms with Gasteiger partial charge in [0.1, 0.15) is 12.1 Å². The molecule has 1 unspecified atom stereocenters. The maximum Gasteiger partial charge on any atom is 0.147 e. The molecule has 16 heavy (non-hydrogen) atoms. The van der Waals surface area contributed by atoms with E-state index < -0.39 is 0 Å². The minimum atomic E-state index is 0.185. The van der Waals surface area contributed by atoms with E-state index in [4.69, 9.17) is 5.11 Å². The van der Waals surface area contributed by atoms with E-state index in [0.717, 1.165) is 22.6 Å². The van der Waals surface area contributed by atoms with E-state index in [2.05, 4.69) is 20.7 Å². The zero-order chi connectivity index (χ0) is 11.5. The molecular formula is C11H15N3OS. The summed E-state index contributed by atoms with van der Waals surface area (Å²) in [7, 11) is 0. The second-order valence-electron chi connectivity index (χ2n) is 3.99. The van der Waals surface area contributed by atoms with Crippen LogP contribution in [0.4, 0.5) is 5.82 Å². The smallest absolute Gasteiger partial charge is 0.147 e. The summed E-state index contributed by atoms with van der Waals surface area (Å²) < 4.78 is 1.09. The van der Waals surface area contributed by atoms with E-state index in [1.165, 1.54) is 5.56 Å². The number of anilines is 1. The molecule has 2 rings (SSSR count). The molecule has 1 atom stereocenters. The van der Waals surface area contributed by atoms with Crippen LogP contribution in [0.5, 0.6) is 0 Å². The number of nitrogens with one attached hydrogen (secondary N) is 1. The average Bonchev–Trinajstić information content (AvgIpc) is 2.69. The lowest BCUT2D eigenvalue weighted by atomic mass is 10.2. The monoisotopic (exact) mass is 237 g/mol. The quantitative estimate of drug-likeness (QED) is 0.854. The first-order valence-corrected chi connectivity index (χ1v) is 6.14. The average molecular weight is 237 g/mol. The fraction of sp³-hybridized carbons (Fsp3) is 0.455. The van der Waals surface area contributed by atoms with Gasteiger partial charge < -0.3 is 10.4 Å². The van der Waals surface area contributed by atoms with Crippen molar-refractivity contribution in [3.05, 3.63) is 17.3 Å². The number of fused-ring (bicyclic) bond motifs is 1. The molecule has 0 aliphatic carbocycles. The zero-order valence-corrected chi connectivity index (χ0v) is 10.2. The van der Waals surface area contributed by atoms with Crippen LogP contribution in [0.2, 0.25) is 0 Å². The first kappa shape index (κ1) is 11.3. The Morgan fingerprint density at radius 1 is 1.50 bits per heavy atom. The summed E-state index contributed by atoms with van der Waals surface area (Å²) in [5, 5.41) is 14.3. The van der Waals surface area contributed by atoms with Crippen molar-refractivity contribution in [3.63, 3.8) is 0 Å². The van der Waals surface area contributed by atoms with Crippen LogP contribution in [0.25, 0.3) is 10.2 Å². The van der Waals surface area contributed by atoms with Gasteiger partial charge in [-0.1, -0.05) is 6.92 Å². The van der Waals surface area contributed by atoms with Gasteiger partial charge in [-0.3, -0.25) is 0 Å². The highest BCUT2D eigenvalue weighted by molar-refractivity contribution is 7.18. The van der Waals surface area contributed by atoms with E-state index in [-0.39, 0.29) is 12.5 Å². The Kier molecular flexibility index (Phi) is 3.36. The Hall–Kier alpha value is -1.20. The molecule has 0 aliphatic rings. The Labute approximate surface area is 98.4 Å². The van der Waals surface area contributed by atoms with Crippen molar-refractivity contribution in [2.45, 2.75) is 13.8 Å². The van der Waals surface area contributed by atoms with Crippen molar-refractivity contribution >= 4 is 27.4 Å². The maximum absolute atomic E-state index is 8.96. The van der Waals surface area contributed by atoms with Gasteiger partial charge in [0.15, 0.2) is 0 Å². The molecule has 86 valence electrons. The molecule has 2 N–H and O–H groups in total. The van der Waals surface area contributed by atoms with E-state index in [1.54, 1.807) is 17.7 Å². The summed E-state index contributed by atoms with van der Waals surface area (Å²) in [6.07, 6.45) is 1.58. The molecule has 0 radical (unpaired) electrons. The number of aliphatic hydroxyl groups is 1. The highest BCUT2D eigenvalue weighted by Crippen LogP contribution is 2.28. The van der Waals surface area contributed by atoms with Gasteiger partial charge in [-0.15, -0.1) is 11.3 Å². The van der Waals surface area contributed by atoms with Crippen LogP contribution in [-0.4, -0.2) is 28.2 Å². The predicted molar refractivity (Wildman–Crippen MR) is 66.9 cm³/mol. The lowest BCUT2D eigenvalue weighted by Gasteiger charge is -2.10. The van der Waals surface area contributed by atoms with E-state index in [9.17, 15) is 0 Å². The number of aromatic nitrogens is 2. The molecule has 0 saturated heterocycles. The van der Waals surface area contributed by atoms with Gasteiger partial charge in [0.05, 0.1) is 10.2 Å². The van der Waals surface area contributed by atoms with Crippen molar-refractivity contribution in [1.82, 2.24) is 9.97 Å². The first-order chi connectivity index (χ1) is 7.72. The minimum Gasteiger partial charge on any atom is -0.396 e. The van der Waals surface area contributed by atoms with Crippen LogP contribution < -0.4 is 5.32 Å². The summed E-state index contributed by atoms with van der Waals surface area (Å²) in [6.45, 7) is 4.95. The van der Waals surface area contributed by atoms with E-state index >= 15 is 0 Å². The van der Waals surface area contributed by atoms with Crippen LogP contribution >= 0.6 is 11.3 Å². The molecule has 0 fully saturated rings. The summed E-state index contributed by atoms with van der Waals surface area (Å²) in [5.41, 5.74) is 2.19. The van der Waals surface area contributed by atoms with Gasteiger partial charge in [0.2, 0.25) is 0 Å². The summed E-state index contributed by atoms with van der Waals surface area (Å²) in [5.74, 6) is 1.09. The van der Waals surface area contributed by atoms with Crippen molar-refractivity contribution in [3.8, 4) is 0 Å². The van der Waals surface area contributed by atoms with Gasteiger partial charge in [0, 0.05) is 13.2 Å². The Morgan fingerprint density at radius 2 is 2.31 bits per heavy atom. The van der Waals surface area contributed by atoms with Crippen molar-refractivity contribution < 1.29 is 5.11 Å². The van der Waals surface area contributed by atoms with E-state index in [0.29, 0.717) is 0 Å². The third kappa shape index (κ3) is 2.15. The molecule has 0 saturated carbocycles. The molecule has 4 nitrogen and oxygen atoms in total. The molecular weight excluding hydrogens is 222 g/mol. The van der Waals surface area contributed by atoms with Crippen LogP contribution in [0, 0.1) is 12.8 Å². The Morgan fingerprint density at radius 3 is 3.06 bits per heavy atom. The van der Waals surface area contributed by atoms with Gasteiger partial charge >= 0.3 is 0 Å². The van der Waals surface area contributed by atoms with Crippen LogP contribution in [0.3, 0.4) is 0 Å². The number of nitrogens with zero attached hydrogens (tertiary/aromatic N) is 2. The second-order valence-corrected chi connectivity index (χ2v) is 4.87. The number of thiophene rings is 1. The minimum absolute atomic E-state index is 0.185. The Balaban J connectivity index is 2.24. The summed E-state index contributed by atoms with van der Waals surface area (Å²) in [6, 6.07) is 0. The Bertz CT molecular complexity index is 483. The molecule has 0 aromatic carbocycles. The van der Waals surface area contributed by atoms with E-state index in [1.807, 2.05) is 13.8 Å². The van der Waals surface area contributed by atoms with Crippen LogP contribution in [-0.2, 0) is 0 Å². The molecule has 5 heteroatoms. The summed E-state index contributed by atoms with van der Waals surface area (Å²) >= 11 is 1.65. The fourth-order valence-corrected chi connectivity index (χ4v) is 2.40. The van der Waals surface area contributed by atoms with Crippen molar-refractivity contribution in [2.75, 3.05) is 18.5 Å². The molecule has 2 aromatic heterocycles. The fourth-order valence-electron chi connectivity index (χ4n) is 1.43. The van der Waals surface area contributed by atoms with Crippen LogP contribution in [0.1, 0.15) is 12.5 Å². The van der Waals surface area contributed by atoms with Crippen molar-refractivity contribution in [1.29, 1.82) is 0 Å². The maximum atomic E-state index is 8.96. The molecule has 0 amide bonds. The van der Waals surface area contributed by atoms with Gasteiger partial charge in [0.25, 0.3) is 0 Å². The largest absolute Gasteiger partial charge is 0.396 e. The lowest BCUT2D eigenvalue weighted by Crippen LogP contribution is -2.15. The highest BCUT2D eigenvalue weighted by Gasteiger charge is 2.08. The van der Waals surface area contributed by atoms with Crippen LogP contribution in [0.15, 0.2) is 11.7 Å². The third-order valence-corrected chi connectivity index (χ3v) is 3.55. The number of rotatable bonds is 4. The SMILES string of the molecule is Cc1csc2c(NCC(C)CO)ncnc12. The summed E-state index contributed by atoms with van der Waals surface area (Å²) in [4.78, 5) is 8.49. The van der Waals surface area contributed by atoms with Gasteiger partial charge in [-0.05, 0) is 23.8 Å². The third-order valence-electron chi connectivity index (χ3n) is 2.46. The molecule has 0 bridgehead atoms.